The van der Waals surface area contributed by atoms with Crippen LogP contribution >= 0.6 is 0 Å². The van der Waals surface area contributed by atoms with E-state index in [4.69, 9.17) is 9.98 Å². The molecule has 0 saturated carbocycles. The summed E-state index contributed by atoms with van der Waals surface area (Å²) >= 11 is 0. The lowest BCUT2D eigenvalue weighted by Crippen LogP contribution is -2.17. The highest BCUT2D eigenvalue weighted by Gasteiger charge is 2.25. The first-order chi connectivity index (χ1) is 22.0. The van der Waals surface area contributed by atoms with Crippen molar-refractivity contribution in [2.75, 3.05) is 0 Å². The zero-order chi connectivity index (χ0) is 32.6. The Morgan fingerprint density at radius 2 is 1.43 bits per heavy atom. The first kappa shape index (κ1) is 30.6. The molecule has 1 heterocycles. The molecule has 0 unspecified atom stereocenters. The third kappa shape index (κ3) is 5.82. The van der Waals surface area contributed by atoms with Crippen molar-refractivity contribution in [2.24, 2.45) is 4.99 Å². The molecular formula is C41H38N4O. The third-order valence-corrected chi connectivity index (χ3v) is 8.33. The number of nitrogens with zero attached hydrogens (tertiary/aromatic N) is 4. The quantitative estimate of drug-likeness (QED) is 0.200. The average Bonchev–Trinajstić information content (AvgIpc) is 3.43. The Balaban J connectivity index is 1.55. The Morgan fingerprint density at radius 3 is 2.11 bits per heavy atom. The van der Waals surface area contributed by atoms with Gasteiger partial charge in [-0.05, 0) is 70.5 Å². The second-order valence-corrected chi connectivity index (χ2v) is 13.7. The van der Waals surface area contributed by atoms with E-state index in [9.17, 15) is 10.4 Å². The fraction of sp³-hybridized carbons (Fsp3) is 0.195. The molecule has 0 amide bonds. The smallest absolute Gasteiger partial charge is 0.147 e. The number of aromatic nitrogens is 2. The first-order valence-electron chi connectivity index (χ1n) is 15.5. The fourth-order valence-corrected chi connectivity index (χ4v) is 5.75. The lowest BCUT2D eigenvalue weighted by atomic mass is 9.79. The highest BCUT2D eigenvalue weighted by molar-refractivity contribution is 5.97. The molecule has 1 N–H and O–H groups in total. The van der Waals surface area contributed by atoms with Gasteiger partial charge in [0.2, 0.25) is 0 Å². The van der Waals surface area contributed by atoms with E-state index in [-0.39, 0.29) is 16.6 Å². The molecule has 0 aliphatic rings. The number of benzene rings is 5. The summed E-state index contributed by atoms with van der Waals surface area (Å²) in [5.74, 6) is 1.02. The van der Waals surface area contributed by atoms with E-state index in [1.807, 2.05) is 78.9 Å². The molecule has 0 aliphatic carbocycles. The fourth-order valence-electron chi connectivity index (χ4n) is 5.75. The summed E-state index contributed by atoms with van der Waals surface area (Å²) in [7, 11) is 0. The standard InChI is InChI=1S/C41H38N4O/c1-40(2,3)30-23-29(38(46)34(24-30)41(4,5)6)26-43-35-17-11-10-15-33(35)39-44-37-32(28-21-19-27(25-42)20-22-28)16-12-18-36(37)45(39)31-13-8-7-9-14-31/h7-24,26,46H,1-6H3. The van der Waals surface area contributed by atoms with Crippen molar-refractivity contribution in [3.05, 3.63) is 131 Å². The molecule has 0 bridgehead atoms. The van der Waals surface area contributed by atoms with Crippen LogP contribution in [0.1, 0.15) is 63.8 Å². The van der Waals surface area contributed by atoms with E-state index >= 15 is 0 Å². The Kier molecular flexibility index (Phi) is 7.84. The van der Waals surface area contributed by atoms with Crippen molar-refractivity contribution in [1.29, 1.82) is 5.26 Å². The van der Waals surface area contributed by atoms with Gasteiger partial charge in [-0.3, -0.25) is 9.56 Å². The number of aromatic hydroxyl groups is 1. The molecule has 0 spiro atoms. The molecule has 6 rings (SSSR count). The number of imidazole rings is 1. The highest BCUT2D eigenvalue weighted by Crippen LogP contribution is 2.40. The Morgan fingerprint density at radius 1 is 0.761 bits per heavy atom. The minimum Gasteiger partial charge on any atom is -0.507 e. The maximum Gasteiger partial charge on any atom is 0.147 e. The van der Waals surface area contributed by atoms with Gasteiger partial charge in [0.05, 0.1) is 28.4 Å². The molecule has 1 aromatic heterocycles. The maximum absolute atomic E-state index is 11.4. The van der Waals surface area contributed by atoms with Crippen LogP contribution in [0.4, 0.5) is 5.69 Å². The monoisotopic (exact) mass is 602 g/mol. The lowest BCUT2D eigenvalue weighted by molar-refractivity contribution is 0.444. The van der Waals surface area contributed by atoms with Crippen LogP contribution in [-0.4, -0.2) is 20.9 Å². The van der Waals surface area contributed by atoms with Crippen molar-refractivity contribution in [3.8, 4) is 40.0 Å². The van der Waals surface area contributed by atoms with Crippen molar-refractivity contribution in [1.82, 2.24) is 9.55 Å². The van der Waals surface area contributed by atoms with E-state index in [1.54, 1.807) is 6.21 Å². The molecule has 0 fully saturated rings. The minimum absolute atomic E-state index is 0.0959. The topological polar surface area (TPSA) is 74.2 Å². The second-order valence-electron chi connectivity index (χ2n) is 13.7. The van der Waals surface area contributed by atoms with E-state index in [1.165, 1.54) is 0 Å². The number of para-hydroxylation sites is 3. The van der Waals surface area contributed by atoms with Crippen molar-refractivity contribution in [3.63, 3.8) is 0 Å². The summed E-state index contributed by atoms with van der Waals surface area (Å²) in [4.78, 5) is 10.3. The number of nitriles is 1. The molecule has 5 nitrogen and oxygen atoms in total. The van der Waals surface area contributed by atoms with Gasteiger partial charge in [0.15, 0.2) is 0 Å². The Bertz CT molecular complexity index is 2120. The van der Waals surface area contributed by atoms with E-state index in [0.717, 1.165) is 56.0 Å². The summed E-state index contributed by atoms with van der Waals surface area (Å²) in [5.41, 5.74) is 9.41. The molecule has 0 radical (unpaired) electrons. The molecule has 228 valence electrons. The van der Waals surface area contributed by atoms with Crippen LogP contribution < -0.4 is 0 Å². The van der Waals surface area contributed by atoms with Crippen LogP contribution in [0, 0.1) is 11.3 Å². The van der Waals surface area contributed by atoms with Crippen LogP contribution in [0.15, 0.2) is 114 Å². The van der Waals surface area contributed by atoms with Gasteiger partial charge >= 0.3 is 0 Å². The van der Waals surface area contributed by atoms with Gasteiger partial charge in [0.1, 0.15) is 11.6 Å². The third-order valence-electron chi connectivity index (χ3n) is 8.33. The zero-order valence-corrected chi connectivity index (χ0v) is 27.2. The number of hydrogen-bond donors (Lipinski definition) is 1. The lowest BCUT2D eigenvalue weighted by Gasteiger charge is -2.27. The van der Waals surface area contributed by atoms with E-state index in [2.05, 4.69) is 82.5 Å². The van der Waals surface area contributed by atoms with Crippen molar-refractivity contribution >= 4 is 22.9 Å². The van der Waals surface area contributed by atoms with Gasteiger partial charge in [0.25, 0.3) is 0 Å². The SMILES string of the molecule is CC(C)(C)c1cc(C=Nc2ccccc2-c2nc3c(-c4ccc(C#N)cc4)cccc3n2-c2ccccc2)c(O)c(C(C)(C)C)c1. The molecule has 6 aromatic rings. The first-order valence-corrected chi connectivity index (χ1v) is 15.5. The summed E-state index contributed by atoms with van der Waals surface area (Å²) in [6.07, 6.45) is 1.77. The van der Waals surface area contributed by atoms with E-state index in [0.29, 0.717) is 11.1 Å². The van der Waals surface area contributed by atoms with Gasteiger partial charge in [-0.2, -0.15) is 5.26 Å². The molecular weight excluding hydrogens is 564 g/mol. The molecule has 5 aromatic carbocycles. The van der Waals surface area contributed by atoms with Crippen LogP contribution in [-0.2, 0) is 10.8 Å². The second kappa shape index (κ2) is 11.8. The normalized spacial score (nSPS) is 12.1. The predicted octanol–water partition coefficient (Wildman–Crippen LogP) is 10.3. The minimum atomic E-state index is -0.237. The Labute approximate surface area is 271 Å². The number of aliphatic imine (C=N–C) groups is 1. The van der Waals surface area contributed by atoms with Crippen molar-refractivity contribution in [2.45, 2.75) is 52.4 Å². The molecule has 5 heteroatoms. The van der Waals surface area contributed by atoms with Gasteiger partial charge in [0, 0.05) is 34.2 Å². The van der Waals surface area contributed by atoms with E-state index < -0.39 is 0 Å². The largest absolute Gasteiger partial charge is 0.507 e. The molecule has 0 atom stereocenters. The molecule has 0 saturated heterocycles. The molecule has 46 heavy (non-hydrogen) atoms. The number of fused-ring (bicyclic) bond motifs is 1. The number of phenolic OH excluding ortho intramolecular Hbond substituents is 1. The summed E-state index contributed by atoms with van der Waals surface area (Å²) < 4.78 is 2.17. The van der Waals surface area contributed by atoms with Crippen LogP contribution in [0.3, 0.4) is 0 Å². The summed E-state index contributed by atoms with van der Waals surface area (Å²) in [5, 5.41) is 20.7. The van der Waals surface area contributed by atoms with Gasteiger partial charge in [-0.25, -0.2) is 4.98 Å². The summed E-state index contributed by atoms with van der Waals surface area (Å²) in [6.45, 7) is 12.9. The van der Waals surface area contributed by atoms with Gasteiger partial charge < -0.3 is 5.11 Å². The van der Waals surface area contributed by atoms with Crippen LogP contribution in [0.2, 0.25) is 0 Å². The predicted molar refractivity (Wildman–Crippen MR) is 189 cm³/mol. The maximum atomic E-state index is 11.4. The number of phenols is 1. The van der Waals surface area contributed by atoms with Crippen molar-refractivity contribution < 1.29 is 5.11 Å². The highest BCUT2D eigenvalue weighted by atomic mass is 16.3. The summed E-state index contributed by atoms with van der Waals surface area (Å²) in [6, 6.07) is 38.4. The number of rotatable bonds is 5. The van der Waals surface area contributed by atoms with Gasteiger partial charge in [-0.15, -0.1) is 0 Å². The average molecular weight is 603 g/mol. The molecule has 0 aliphatic heterocycles. The number of hydrogen-bond acceptors (Lipinski definition) is 4. The van der Waals surface area contributed by atoms with Crippen LogP contribution in [0.5, 0.6) is 5.75 Å². The van der Waals surface area contributed by atoms with Crippen LogP contribution in [0.25, 0.3) is 39.2 Å². The Hall–Kier alpha value is -5.47. The van der Waals surface area contributed by atoms with Gasteiger partial charge in [-0.1, -0.05) is 102 Å². The zero-order valence-electron chi connectivity index (χ0n) is 27.2.